The third-order valence-corrected chi connectivity index (χ3v) is 5.58. The highest BCUT2D eigenvalue weighted by atomic mass is 16.5. The van der Waals surface area contributed by atoms with Crippen LogP contribution in [0.2, 0.25) is 0 Å². The molecule has 0 unspecified atom stereocenters. The Balaban J connectivity index is 1.24. The number of nitrogens with one attached hydrogen (secondary N) is 1. The maximum Gasteiger partial charge on any atom is 0.220 e. The minimum atomic E-state index is 0.260. The Bertz CT molecular complexity index is 557. The van der Waals surface area contributed by atoms with Gasteiger partial charge in [-0.25, -0.2) is 0 Å². The van der Waals surface area contributed by atoms with E-state index in [0.717, 1.165) is 31.6 Å². The Kier molecular flexibility index (Phi) is 12.3. The quantitative estimate of drug-likeness (QED) is 0.275. The number of ether oxygens (including phenoxy) is 1. The summed E-state index contributed by atoms with van der Waals surface area (Å²) in [7, 11) is 0. The zero-order valence-corrected chi connectivity index (χ0v) is 18.2. The molecule has 0 atom stereocenters. The lowest BCUT2D eigenvalue weighted by atomic mass is 10.0. The second kappa shape index (κ2) is 15.2. The van der Waals surface area contributed by atoms with Gasteiger partial charge in [0.15, 0.2) is 0 Å². The second-order valence-electron chi connectivity index (χ2n) is 8.53. The van der Waals surface area contributed by atoms with Crippen LogP contribution in [0.15, 0.2) is 24.3 Å². The minimum absolute atomic E-state index is 0.260. The number of phenolic OH excluding ortho intramolecular Hbond substituents is 1. The normalized spacial score (nSPS) is 13.4. The molecule has 1 fully saturated rings. The second-order valence-corrected chi connectivity index (χ2v) is 8.53. The Labute approximate surface area is 177 Å². The number of hydrogen-bond donors (Lipinski definition) is 2. The smallest absolute Gasteiger partial charge is 0.220 e. The van der Waals surface area contributed by atoms with Gasteiger partial charge in [0.1, 0.15) is 11.5 Å². The molecule has 1 saturated carbocycles. The molecular formula is C25H41NO3. The SMILES string of the molecule is O=C(CCCCCCCCCCCCCCCOc1cccc(O)c1)NC1CC1. The van der Waals surface area contributed by atoms with E-state index in [1.807, 2.05) is 6.07 Å². The highest BCUT2D eigenvalue weighted by molar-refractivity contribution is 5.76. The standard InChI is InChI=1S/C25H41NO3/c27-23-15-14-16-24(21-23)29-20-13-11-9-7-5-3-1-2-4-6-8-10-12-17-25(28)26-22-18-19-22/h14-16,21-22,27H,1-13,17-20H2,(H,26,28). The van der Waals surface area contributed by atoms with E-state index in [1.54, 1.807) is 18.2 Å². The number of unbranched alkanes of at least 4 members (excludes halogenated alkanes) is 12. The molecule has 0 bridgehead atoms. The molecule has 2 rings (SSSR count). The zero-order valence-electron chi connectivity index (χ0n) is 18.2. The highest BCUT2D eigenvalue weighted by Crippen LogP contribution is 2.19. The average molecular weight is 404 g/mol. The molecule has 0 aliphatic heterocycles. The Morgan fingerprint density at radius 3 is 1.97 bits per heavy atom. The van der Waals surface area contributed by atoms with Crippen molar-refractivity contribution in [1.82, 2.24) is 5.32 Å². The number of aromatic hydroxyl groups is 1. The van der Waals surface area contributed by atoms with Crippen LogP contribution in [0.25, 0.3) is 0 Å². The van der Waals surface area contributed by atoms with Gasteiger partial charge in [-0.15, -0.1) is 0 Å². The van der Waals surface area contributed by atoms with E-state index in [2.05, 4.69) is 5.32 Å². The van der Waals surface area contributed by atoms with E-state index in [0.29, 0.717) is 6.04 Å². The molecule has 164 valence electrons. The summed E-state index contributed by atoms with van der Waals surface area (Å²) >= 11 is 0. The summed E-state index contributed by atoms with van der Waals surface area (Å²) in [4.78, 5) is 11.6. The first-order valence-electron chi connectivity index (χ1n) is 12.0. The molecule has 1 aromatic rings. The van der Waals surface area contributed by atoms with Crippen molar-refractivity contribution in [2.75, 3.05) is 6.61 Å². The van der Waals surface area contributed by atoms with Crippen molar-refractivity contribution in [3.8, 4) is 11.5 Å². The predicted octanol–water partition coefficient (Wildman–Crippen LogP) is 6.51. The van der Waals surface area contributed by atoms with Crippen LogP contribution in [0.1, 0.15) is 103 Å². The van der Waals surface area contributed by atoms with Gasteiger partial charge in [-0.1, -0.05) is 76.7 Å². The van der Waals surface area contributed by atoms with Crippen molar-refractivity contribution >= 4 is 5.91 Å². The van der Waals surface area contributed by atoms with Gasteiger partial charge in [0.2, 0.25) is 5.91 Å². The molecule has 1 aromatic carbocycles. The number of carbonyl (C=O) groups is 1. The first-order chi connectivity index (χ1) is 14.2. The van der Waals surface area contributed by atoms with Crippen LogP contribution in [-0.2, 0) is 4.79 Å². The lowest BCUT2D eigenvalue weighted by Crippen LogP contribution is -2.24. The van der Waals surface area contributed by atoms with Gasteiger partial charge >= 0.3 is 0 Å². The largest absolute Gasteiger partial charge is 0.508 e. The fourth-order valence-corrected chi connectivity index (χ4v) is 3.62. The maximum absolute atomic E-state index is 11.6. The summed E-state index contributed by atoms with van der Waals surface area (Å²) in [6.45, 7) is 0.731. The van der Waals surface area contributed by atoms with Crippen molar-refractivity contribution in [3.05, 3.63) is 24.3 Å². The van der Waals surface area contributed by atoms with Crippen LogP contribution in [0.4, 0.5) is 0 Å². The van der Waals surface area contributed by atoms with E-state index in [9.17, 15) is 9.90 Å². The summed E-state index contributed by atoms with van der Waals surface area (Å²) in [6.07, 6.45) is 19.6. The molecule has 0 spiro atoms. The fraction of sp³-hybridized carbons (Fsp3) is 0.720. The first-order valence-corrected chi connectivity index (χ1v) is 12.0. The number of hydrogen-bond acceptors (Lipinski definition) is 3. The summed E-state index contributed by atoms with van der Waals surface area (Å²) in [5, 5.41) is 12.4. The average Bonchev–Trinajstić information content (AvgIpc) is 3.51. The van der Waals surface area contributed by atoms with Gasteiger partial charge in [-0.2, -0.15) is 0 Å². The van der Waals surface area contributed by atoms with Crippen molar-refractivity contribution in [3.63, 3.8) is 0 Å². The molecule has 1 aliphatic carbocycles. The maximum atomic E-state index is 11.6. The molecule has 1 amide bonds. The number of amides is 1. The molecular weight excluding hydrogens is 362 g/mol. The lowest BCUT2D eigenvalue weighted by Gasteiger charge is -2.06. The minimum Gasteiger partial charge on any atom is -0.508 e. The van der Waals surface area contributed by atoms with Crippen molar-refractivity contribution < 1.29 is 14.6 Å². The lowest BCUT2D eigenvalue weighted by molar-refractivity contribution is -0.121. The third kappa shape index (κ3) is 13.2. The third-order valence-electron chi connectivity index (χ3n) is 5.58. The topological polar surface area (TPSA) is 58.6 Å². The summed E-state index contributed by atoms with van der Waals surface area (Å²) in [5.74, 6) is 1.27. The Morgan fingerprint density at radius 1 is 0.862 bits per heavy atom. The van der Waals surface area contributed by atoms with Crippen LogP contribution in [-0.4, -0.2) is 23.7 Å². The summed E-state index contributed by atoms with van der Waals surface area (Å²) < 4.78 is 5.64. The molecule has 4 heteroatoms. The van der Waals surface area contributed by atoms with Crippen molar-refractivity contribution in [2.45, 2.75) is 109 Å². The number of carbonyl (C=O) groups excluding carboxylic acids is 1. The summed E-state index contributed by atoms with van der Waals surface area (Å²) in [5.41, 5.74) is 0. The number of phenols is 1. The van der Waals surface area contributed by atoms with Crippen molar-refractivity contribution in [2.24, 2.45) is 0 Å². The molecule has 4 nitrogen and oxygen atoms in total. The molecule has 0 saturated heterocycles. The van der Waals surface area contributed by atoms with Crippen LogP contribution >= 0.6 is 0 Å². The van der Waals surface area contributed by atoms with E-state index in [4.69, 9.17) is 4.74 Å². The number of rotatable bonds is 18. The molecule has 0 heterocycles. The Hall–Kier alpha value is -1.71. The van der Waals surface area contributed by atoms with E-state index < -0.39 is 0 Å². The van der Waals surface area contributed by atoms with Crippen LogP contribution < -0.4 is 10.1 Å². The first kappa shape index (κ1) is 23.6. The van der Waals surface area contributed by atoms with Gasteiger partial charge in [0, 0.05) is 18.5 Å². The van der Waals surface area contributed by atoms with Gasteiger partial charge in [-0.05, 0) is 37.8 Å². The van der Waals surface area contributed by atoms with Gasteiger partial charge in [-0.3, -0.25) is 4.79 Å². The van der Waals surface area contributed by atoms with Crippen LogP contribution in [0.5, 0.6) is 11.5 Å². The Morgan fingerprint density at radius 2 is 1.41 bits per heavy atom. The van der Waals surface area contributed by atoms with Gasteiger partial charge in [0.25, 0.3) is 0 Å². The predicted molar refractivity (Wildman–Crippen MR) is 119 cm³/mol. The van der Waals surface area contributed by atoms with E-state index >= 15 is 0 Å². The van der Waals surface area contributed by atoms with Gasteiger partial charge < -0.3 is 15.2 Å². The van der Waals surface area contributed by atoms with Crippen molar-refractivity contribution in [1.29, 1.82) is 0 Å². The van der Waals surface area contributed by atoms with Crippen LogP contribution in [0.3, 0.4) is 0 Å². The number of benzene rings is 1. The van der Waals surface area contributed by atoms with E-state index in [-0.39, 0.29) is 11.7 Å². The van der Waals surface area contributed by atoms with E-state index in [1.165, 1.54) is 83.5 Å². The monoisotopic (exact) mass is 403 g/mol. The molecule has 1 aliphatic rings. The zero-order chi connectivity index (χ0) is 20.6. The van der Waals surface area contributed by atoms with Crippen LogP contribution in [0, 0.1) is 0 Å². The molecule has 2 N–H and O–H groups in total. The molecule has 0 radical (unpaired) electrons. The highest BCUT2D eigenvalue weighted by Gasteiger charge is 2.22. The van der Waals surface area contributed by atoms with Gasteiger partial charge in [0.05, 0.1) is 6.61 Å². The summed E-state index contributed by atoms with van der Waals surface area (Å²) in [6, 6.07) is 7.52. The fourth-order valence-electron chi connectivity index (χ4n) is 3.62. The molecule has 29 heavy (non-hydrogen) atoms. The molecule has 0 aromatic heterocycles.